The first-order chi connectivity index (χ1) is 9.36. The number of nitrogens with zero attached hydrogens (tertiary/aromatic N) is 2. The second-order valence-electron chi connectivity index (χ2n) is 5.74. The molecule has 4 rings (SSSR count). The molecule has 100 valence electrons. The van der Waals surface area contributed by atoms with Crippen molar-refractivity contribution in [1.29, 1.82) is 5.26 Å². The summed E-state index contributed by atoms with van der Waals surface area (Å²) < 4.78 is 0. The molecule has 0 saturated carbocycles. The van der Waals surface area contributed by atoms with Gasteiger partial charge in [-0.15, -0.1) is 0 Å². The maximum absolute atomic E-state index is 9.06. The zero-order chi connectivity index (χ0) is 13.1. The zero-order valence-electron chi connectivity index (χ0n) is 11.3. The van der Waals surface area contributed by atoms with Crippen molar-refractivity contribution in [2.24, 2.45) is 5.92 Å². The van der Waals surface area contributed by atoms with Gasteiger partial charge in [0.2, 0.25) is 0 Å². The Morgan fingerprint density at radius 1 is 1.26 bits per heavy atom. The Bertz CT molecular complexity index is 443. The zero-order valence-corrected chi connectivity index (χ0v) is 11.3. The minimum absolute atomic E-state index is 0.178. The normalized spacial score (nSPS) is 30.8. The van der Waals surface area contributed by atoms with E-state index in [0.717, 1.165) is 12.5 Å². The van der Waals surface area contributed by atoms with Gasteiger partial charge in [0, 0.05) is 18.6 Å². The predicted octanol–water partition coefficient (Wildman–Crippen LogP) is 2.33. The molecule has 3 heterocycles. The molecule has 3 heteroatoms. The van der Waals surface area contributed by atoms with Crippen molar-refractivity contribution in [2.45, 2.75) is 31.3 Å². The fourth-order valence-corrected chi connectivity index (χ4v) is 3.46. The molecule has 0 aliphatic carbocycles. The van der Waals surface area contributed by atoms with Crippen molar-refractivity contribution in [1.82, 2.24) is 10.2 Å². The smallest absolute Gasteiger partial charge is 0.0641 e. The van der Waals surface area contributed by atoms with E-state index < -0.39 is 0 Å². The number of fused-ring (bicyclic) bond motifs is 3. The van der Waals surface area contributed by atoms with Gasteiger partial charge in [-0.2, -0.15) is 5.26 Å². The molecular weight excluding hydrogens is 234 g/mol. The molecule has 2 unspecified atom stereocenters. The fourth-order valence-electron chi connectivity index (χ4n) is 3.46. The van der Waals surface area contributed by atoms with Crippen LogP contribution in [0.5, 0.6) is 0 Å². The molecule has 0 amide bonds. The molecule has 0 spiro atoms. The number of nitriles is 1. The maximum Gasteiger partial charge on any atom is 0.0641 e. The average Bonchev–Trinajstić information content (AvgIpc) is 2.49. The molecule has 3 fully saturated rings. The van der Waals surface area contributed by atoms with Crippen molar-refractivity contribution in [3.8, 4) is 6.07 Å². The summed E-state index contributed by atoms with van der Waals surface area (Å²) >= 11 is 0. The highest BCUT2D eigenvalue weighted by Crippen LogP contribution is 2.29. The van der Waals surface area contributed by atoms with E-state index >= 15 is 0 Å². The van der Waals surface area contributed by atoms with E-state index in [-0.39, 0.29) is 6.04 Å². The summed E-state index contributed by atoms with van der Waals surface area (Å²) in [6, 6.07) is 13.4. The summed E-state index contributed by atoms with van der Waals surface area (Å²) in [6.07, 6.45) is 3.17. The fraction of sp³-hybridized carbons (Fsp3) is 0.562. The highest BCUT2D eigenvalue weighted by atomic mass is 15.2. The third-order valence-electron chi connectivity index (χ3n) is 4.57. The molecule has 3 aliphatic rings. The van der Waals surface area contributed by atoms with Gasteiger partial charge >= 0.3 is 0 Å². The van der Waals surface area contributed by atoms with Crippen LogP contribution in [0.25, 0.3) is 0 Å². The quantitative estimate of drug-likeness (QED) is 0.897. The molecule has 3 saturated heterocycles. The number of hydrogen-bond donors (Lipinski definition) is 1. The van der Waals surface area contributed by atoms with Crippen LogP contribution in [0.3, 0.4) is 0 Å². The highest BCUT2D eigenvalue weighted by molar-refractivity contribution is 5.20. The van der Waals surface area contributed by atoms with Gasteiger partial charge in [0.25, 0.3) is 0 Å². The first kappa shape index (κ1) is 12.7. The summed E-state index contributed by atoms with van der Waals surface area (Å²) in [5.41, 5.74) is 1.24. The second-order valence-corrected chi connectivity index (χ2v) is 5.74. The van der Waals surface area contributed by atoms with Crippen LogP contribution < -0.4 is 5.32 Å². The molecule has 3 aliphatic heterocycles. The number of piperidine rings is 3. The van der Waals surface area contributed by atoms with Gasteiger partial charge in [-0.25, -0.2) is 0 Å². The van der Waals surface area contributed by atoms with Crippen LogP contribution in [0.15, 0.2) is 30.3 Å². The Hall–Kier alpha value is -1.37. The Balaban J connectivity index is 1.70. The first-order valence-electron chi connectivity index (χ1n) is 7.27. The Morgan fingerprint density at radius 2 is 2.00 bits per heavy atom. The monoisotopic (exact) mass is 255 g/mol. The minimum Gasteiger partial charge on any atom is -0.305 e. The molecule has 3 nitrogen and oxygen atoms in total. The van der Waals surface area contributed by atoms with E-state index in [1.54, 1.807) is 0 Å². The Kier molecular flexibility index (Phi) is 3.82. The van der Waals surface area contributed by atoms with Crippen LogP contribution in [0.1, 0.15) is 30.9 Å². The molecule has 1 aromatic carbocycles. The standard InChI is InChI=1S/C16H21N3/c17-9-6-15(13-4-2-1-3-5-13)18-16-12-19-10-7-14(16)8-11-19/h1-5,14-16,18H,6-8,10-12H2. The van der Waals surface area contributed by atoms with Crippen molar-refractivity contribution in [3.05, 3.63) is 35.9 Å². The van der Waals surface area contributed by atoms with Crippen molar-refractivity contribution in [3.63, 3.8) is 0 Å². The van der Waals surface area contributed by atoms with Gasteiger partial charge in [-0.05, 0) is 37.4 Å². The molecule has 2 atom stereocenters. The lowest BCUT2D eigenvalue weighted by Gasteiger charge is -2.46. The Morgan fingerprint density at radius 3 is 2.58 bits per heavy atom. The van der Waals surface area contributed by atoms with Gasteiger partial charge in [0.1, 0.15) is 0 Å². The van der Waals surface area contributed by atoms with Gasteiger partial charge in [0.05, 0.1) is 12.5 Å². The summed E-state index contributed by atoms with van der Waals surface area (Å²) in [4.78, 5) is 2.55. The van der Waals surface area contributed by atoms with Crippen LogP contribution in [0, 0.1) is 17.2 Å². The van der Waals surface area contributed by atoms with Crippen LogP contribution in [0.2, 0.25) is 0 Å². The molecule has 1 N–H and O–H groups in total. The second kappa shape index (κ2) is 5.73. The van der Waals surface area contributed by atoms with Crippen molar-refractivity contribution >= 4 is 0 Å². The molecule has 2 bridgehead atoms. The van der Waals surface area contributed by atoms with Crippen LogP contribution in [-0.2, 0) is 0 Å². The third-order valence-corrected chi connectivity index (χ3v) is 4.57. The molecule has 1 aromatic rings. The Labute approximate surface area is 115 Å². The number of nitrogens with one attached hydrogen (secondary N) is 1. The first-order valence-corrected chi connectivity index (χ1v) is 7.27. The van der Waals surface area contributed by atoms with Crippen LogP contribution >= 0.6 is 0 Å². The third kappa shape index (κ3) is 2.80. The number of rotatable bonds is 4. The van der Waals surface area contributed by atoms with Gasteiger partial charge in [-0.1, -0.05) is 30.3 Å². The van der Waals surface area contributed by atoms with Gasteiger partial charge < -0.3 is 10.2 Å². The highest BCUT2D eigenvalue weighted by Gasteiger charge is 2.35. The van der Waals surface area contributed by atoms with E-state index in [0.29, 0.717) is 12.5 Å². The summed E-state index contributed by atoms with van der Waals surface area (Å²) in [7, 11) is 0. The predicted molar refractivity (Wildman–Crippen MR) is 75.5 cm³/mol. The lowest BCUT2D eigenvalue weighted by atomic mass is 9.83. The number of benzene rings is 1. The molecule has 0 aromatic heterocycles. The molecule has 19 heavy (non-hydrogen) atoms. The van der Waals surface area contributed by atoms with E-state index in [4.69, 9.17) is 5.26 Å². The van der Waals surface area contributed by atoms with Gasteiger partial charge in [-0.3, -0.25) is 0 Å². The molecular formula is C16H21N3. The molecule has 0 radical (unpaired) electrons. The van der Waals surface area contributed by atoms with E-state index in [2.05, 4.69) is 40.6 Å². The van der Waals surface area contributed by atoms with Crippen LogP contribution in [-0.4, -0.2) is 30.6 Å². The lowest BCUT2D eigenvalue weighted by Crippen LogP contribution is -2.56. The number of hydrogen-bond acceptors (Lipinski definition) is 3. The largest absolute Gasteiger partial charge is 0.305 e. The topological polar surface area (TPSA) is 39.1 Å². The summed E-state index contributed by atoms with van der Waals surface area (Å²) in [6.45, 7) is 3.67. The summed E-state index contributed by atoms with van der Waals surface area (Å²) in [5, 5.41) is 12.8. The summed E-state index contributed by atoms with van der Waals surface area (Å²) in [5.74, 6) is 0.801. The van der Waals surface area contributed by atoms with Crippen molar-refractivity contribution in [2.75, 3.05) is 19.6 Å². The van der Waals surface area contributed by atoms with E-state index in [1.165, 1.54) is 31.5 Å². The van der Waals surface area contributed by atoms with E-state index in [1.807, 2.05) is 6.07 Å². The lowest BCUT2D eigenvalue weighted by molar-refractivity contribution is 0.0671. The SMILES string of the molecule is N#CCC(NC1CN2CCC1CC2)c1ccccc1. The average molecular weight is 255 g/mol. The van der Waals surface area contributed by atoms with E-state index in [9.17, 15) is 0 Å². The van der Waals surface area contributed by atoms with Gasteiger partial charge in [0.15, 0.2) is 0 Å². The minimum atomic E-state index is 0.178. The van der Waals surface area contributed by atoms with Crippen molar-refractivity contribution < 1.29 is 0 Å². The maximum atomic E-state index is 9.06. The van der Waals surface area contributed by atoms with Crippen LogP contribution in [0.4, 0.5) is 0 Å².